The summed E-state index contributed by atoms with van der Waals surface area (Å²) in [7, 11) is 3.32. The minimum Gasteiger partial charge on any atom is -0.496 e. The Bertz CT molecular complexity index is 680. The molecule has 1 heterocycles. The zero-order valence-electron chi connectivity index (χ0n) is 12.4. The number of carboxylic acids is 1. The maximum Gasteiger partial charge on any atom is 0.345 e. The first-order valence-electron chi connectivity index (χ1n) is 6.73. The molecule has 0 aliphatic heterocycles. The van der Waals surface area contributed by atoms with E-state index in [4.69, 9.17) is 9.84 Å². The minimum absolute atomic E-state index is 0.168. The second-order valence-corrected chi connectivity index (χ2v) is 5.84. The van der Waals surface area contributed by atoms with Crippen molar-refractivity contribution >= 4 is 23.2 Å². The summed E-state index contributed by atoms with van der Waals surface area (Å²) in [6, 6.07) is 10.7. The van der Waals surface area contributed by atoms with Crippen molar-refractivity contribution in [2.24, 2.45) is 0 Å². The van der Waals surface area contributed by atoms with Crippen LogP contribution in [0.1, 0.15) is 24.9 Å². The van der Waals surface area contributed by atoms with E-state index in [1.165, 1.54) is 6.07 Å². The number of rotatable bonds is 6. The molecule has 0 unspecified atom stereocenters. The summed E-state index contributed by atoms with van der Waals surface area (Å²) >= 11 is 0.991. The smallest absolute Gasteiger partial charge is 0.345 e. The van der Waals surface area contributed by atoms with E-state index in [9.17, 15) is 9.59 Å². The molecule has 2 rings (SSSR count). The lowest BCUT2D eigenvalue weighted by atomic mass is 10.1. The van der Waals surface area contributed by atoms with Crippen LogP contribution in [-0.4, -0.2) is 42.6 Å². The predicted octanol–water partition coefficient (Wildman–Crippen LogP) is 2.77. The first-order valence-corrected chi connectivity index (χ1v) is 7.55. The van der Waals surface area contributed by atoms with Gasteiger partial charge in [0.15, 0.2) is 0 Å². The molecule has 0 aliphatic rings. The molecule has 0 bridgehead atoms. The fourth-order valence-corrected chi connectivity index (χ4v) is 2.89. The van der Waals surface area contributed by atoms with Crippen molar-refractivity contribution in [3.05, 3.63) is 51.7 Å². The number of thiophene rings is 1. The highest BCUT2D eigenvalue weighted by atomic mass is 32.1. The Morgan fingerprint density at radius 3 is 2.50 bits per heavy atom. The van der Waals surface area contributed by atoms with E-state index in [-0.39, 0.29) is 10.8 Å². The van der Waals surface area contributed by atoms with Gasteiger partial charge in [0.2, 0.25) is 0 Å². The Morgan fingerprint density at radius 2 is 1.86 bits per heavy atom. The summed E-state index contributed by atoms with van der Waals surface area (Å²) in [6.07, 6.45) is 0.670. The summed E-state index contributed by atoms with van der Waals surface area (Å²) in [5.74, 6) is -0.388. The fourth-order valence-electron chi connectivity index (χ4n) is 2.06. The largest absolute Gasteiger partial charge is 0.496 e. The highest BCUT2D eigenvalue weighted by Crippen LogP contribution is 2.20. The van der Waals surface area contributed by atoms with Crippen LogP contribution < -0.4 is 4.74 Å². The number of methoxy groups -OCH3 is 1. The summed E-state index contributed by atoms with van der Waals surface area (Å²) < 4.78 is 5.29. The normalized spacial score (nSPS) is 10.3. The third kappa shape index (κ3) is 3.65. The number of aromatic carboxylic acids is 1. The highest BCUT2D eigenvalue weighted by molar-refractivity contribution is 7.15. The number of benzene rings is 1. The van der Waals surface area contributed by atoms with E-state index in [2.05, 4.69) is 0 Å². The fraction of sp³-hybridized carbons (Fsp3) is 0.250. The van der Waals surface area contributed by atoms with Crippen molar-refractivity contribution in [1.29, 1.82) is 0 Å². The topological polar surface area (TPSA) is 66.8 Å². The van der Waals surface area contributed by atoms with E-state index >= 15 is 0 Å². The number of hydrogen-bond acceptors (Lipinski definition) is 4. The molecule has 5 nitrogen and oxygen atoms in total. The van der Waals surface area contributed by atoms with Crippen molar-refractivity contribution in [2.75, 3.05) is 20.7 Å². The van der Waals surface area contributed by atoms with Gasteiger partial charge in [0, 0.05) is 13.6 Å². The van der Waals surface area contributed by atoms with Gasteiger partial charge in [-0.05, 0) is 30.2 Å². The van der Waals surface area contributed by atoms with Crippen molar-refractivity contribution in [2.45, 2.75) is 6.42 Å². The lowest BCUT2D eigenvalue weighted by Gasteiger charge is -2.17. The molecule has 1 aromatic carbocycles. The van der Waals surface area contributed by atoms with Gasteiger partial charge in [-0.15, -0.1) is 11.3 Å². The summed E-state index contributed by atoms with van der Waals surface area (Å²) in [6.45, 7) is 0.527. The third-order valence-corrected chi connectivity index (χ3v) is 4.34. The van der Waals surface area contributed by atoms with Gasteiger partial charge >= 0.3 is 5.97 Å². The van der Waals surface area contributed by atoms with Crippen LogP contribution in [0.2, 0.25) is 0 Å². The van der Waals surface area contributed by atoms with Crippen LogP contribution in [0.4, 0.5) is 0 Å². The van der Waals surface area contributed by atoms with Crippen molar-refractivity contribution in [3.63, 3.8) is 0 Å². The second kappa shape index (κ2) is 7.09. The standard InChI is InChI=1S/C16H17NO4S/c1-17(10-9-11-5-3-4-6-12(11)21-2)15(18)13-7-8-14(22-13)16(19)20/h3-8H,9-10H2,1-2H3,(H,19,20). The van der Waals surface area contributed by atoms with Crippen LogP contribution in [0.3, 0.4) is 0 Å². The summed E-state index contributed by atoms with van der Waals surface area (Å²) in [5.41, 5.74) is 1.03. The molecule has 6 heteroatoms. The quantitative estimate of drug-likeness (QED) is 0.889. The summed E-state index contributed by atoms with van der Waals surface area (Å²) in [4.78, 5) is 25.3. The molecule has 0 saturated carbocycles. The second-order valence-electron chi connectivity index (χ2n) is 4.76. The van der Waals surface area contributed by atoms with Crippen LogP contribution in [0, 0.1) is 0 Å². The number of likely N-dealkylation sites (N-methyl/N-ethyl adjacent to an activating group) is 1. The maximum absolute atomic E-state index is 12.3. The SMILES string of the molecule is COc1ccccc1CCN(C)C(=O)c1ccc(C(=O)O)s1. The van der Waals surface area contributed by atoms with Crippen LogP contribution in [-0.2, 0) is 6.42 Å². The monoisotopic (exact) mass is 319 g/mol. The number of amides is 1. The number of carbonyl (C=O) groups is 2. The molecule has 0 fully saturated rings. The van der Waals surface area contributed by atoms with Gasteiger partial charge in [-0.2, -0.15) is 0 Å². The van der Waals surface area contributed by atoms with Crippen molar-refractivity contribution in [3.8, 4) is 5.75 Å². The molecule has 2 aromatic rings. The lowest BCUT2D eigenvalue weighted by Crippen LogP contribution is -2.28. The van der Waals surface area contributed by atoms with Crippen LogP contribution in [0.25, 0.3) is 0 Å². The Morgan fingerprint density at radius 1 is 1.18 bits per heavy atom. The molecular weight excluding hydrogens is 302 g/mol. The van der Waals surface area contributed by atoms with E-state index in [0.29, 0.717) is 17.8 Å². The zero-order valence-corrected chi connectivity index (χ0v) is 13.2. The third-order valence-electron chi connectivity index (χ3n) is 3.28. The van der Waals surface area contributed by atoms with Gasteiger partial charge in [-0.25, -0.2) is 4.79 Å². The van der Waals surface area contributed by atoms with E-state index < -0.39 is 5.97 Å². The maximum atomic E-state index is 12.3. The number of para-hydroxylation sites is 1. The number of carboxylic acid groups (broad SMARTS) is 1. The van der Waals surface area contributed by atoms with Crippen molar-refractivity contribution < 1.29 is 19.4 Å². The van der Waals surface area contributed by atoms with E-state index in [1.54, 1.807) is 25.1 Å². The molecule has 0 aliphatic carbocycles. The first kappa shape index (κ1) is 16.0. The number of carbonyl (C=O) groups excluding carboxylic acids is 1. The lowest BCUT2D eigenvalue weighted by molar-refractivity contribution is 0.0701. The molecule has 1 N–H and O–H groups in total. The highest BCUT2D eigenvalue weighted by Gasteiger charge is 2.16. The van der Waals surface area contributed by atoms with E-state index in [1.807, 2.05) is 24.3 Å². The average Bonchev–Trinajstić information content (AvgIpc) is 3.02. The average molecular weight is 319 g/mol. The number of nitrogens with zero attached hydrogens (tertiary/aromatic N) is 1. The van der Waals surface area contributed by atoms with Gasteiger partial charge in [0.25, 0.3) is 5.91 Å². The zero-order chi connectivity index (χ0) is 16.1. The molecular formula is C16H17NO4S. The molecule has 22 heavy (non-hydrogen) atoms. The molecule has 0 spiro atoms. The number of hydrogen-bond donors (Lipinski definition) is 1. The van der Waals surface area contributed by atoms with Crippen LogP contribution in [0.5, 0.6) is 5.75 Å². The molecule has 0 atom stereocenters. The minimum atomic E-state index is -1.01. The first-order chi connectivity index (χ1) is 10.5. The van der Waals surface area contributed by atoms with Gasteiger partial charge in [0.1, 0.15) is 10.6 Å². The van der Waals surface area contributed by atoms with Gasteiger partial charge in [-0.1, -0.05) is 18.2 Å². The van der Waals surface area contributed by atoms with Crippen molar-refractivity contribution in [1.82, 2.24) is 4.90 Å². The molecule has 0 saturated heterocycles. The van der Waals surface area contributed by atoms with Gasteiger partial charge < -0.3 is 14.7 Å². The Balaban J connectivity index is 2.00. The van der Waals surface area contributed by atoms with Gasteiger partial charge in [0.05, 0.1) is 12.0 Å². The molecule has 1 amide bonds. The molecule has 116 valence electrons. The van der Waals surface area contributed by atoms with Crippen LogP contribution in [0.15, 0.2) is 36.4 Å². The Kier molecular flexibility index (Phi) is 5.16. The Labute approximate surface area is 132 Å². The molecule has 1 aromatic heterocycles. The van der Waals surface area contributed by atoms with E-state index in [0.717, 1.165) is 22.6 Å². The van der Waals surface area contributed by atoms with Crippen LogP contribution >= 0.6 is 11.3 Å². The Hall–Kier alpha value is -2.34. The predicted molar refractivity (Wildman–Crippen MR) is 84.9 cm³/mol. The van der Waals surface area contributed by atoms with Gasteiger partial charge in [-0.3, -0.25) is 4.79 Å². The molecule has 0 radical (unpaired) electrons. The summed E-state index contributed by atoms with van der Waals surface area (Å²) in [5, 5.41) is 8.90. The number of ether oxygens (including phenoxy) is 1.